The van der Waals surface area contributed by atoms with Crippen LogP contribution in [0, 0.1) is 0 Å². The number of aromatic nitrogens is 3. The van der Waals surface area contributed by atoms with Gasteiger partial charge in [-0.1, -0.05) is 68.4 Å². The van der Waals surface area contributed by atoms with Crippen molar-refractivity contribution in [1.29, 1.82) is 0 Å². The van der Waals surface area contributed by atoms with Gasteiger partial charge in [-0.3, -0.25) is 4.79 Å². The van der Waals surface area contributed by atoms with Crippen LogP contribution in [0.4, 0.5) is 11.6 Å². The van der Waals surface area contributed by atoms with Crippen LogP contribution in [0.25, 0.3) is 0 Å². The maximum Gasteiger partial charge on any atom is 0.255 e. The third kappa shape index (κ3) is 5.28. The van der Waals surface area contributed by atoms with Crippen LogP contribution < -0.4 is 15.4 Å². The van der Waals surface area contributed by atoms with Gasteiger partial charge in [0.1, 0.15) is 11.8 Å². The van der Waals surface area contributed by atoms with Crippen molar-refractivity contribution >= 4 is 29.3 Å². The first-order valence-corrected chi connectivity index (χ1v) is 12.8. The van der Waals surface area contributed by atoms with E-state index in [2.05, 4.69) is 24.5 Å². The number of thioether (sulfide) groups is 1. The second kappa shape index (κ2) is 11.2. The number of carbonyl (C=O) groups excluding carboxylic acids is 1. The van der Waals surface area contributed by atoms with Gasteiger partial charge in [0.05, 0.1) is 12.2 Å². The van der Waals surface area contributed by atoms with E-state index in [9.17, 15) is 4.79 Å². The SMILES string of the molecule is CCCCSc1nc2n(n1)C(c1ccccc1OCCC)C(C(=O)Nc1ccccc1)=C(C)N2. The minimum absolute atomic E-state index is 0.187. The number of rotatable bonds is 10. The average Bonchev–Trinajstić information content (AvgIpc) is 3.25. The predicted molar refractivity (Wildman–Crippen MR) is 137 cm³/mol. The molecule has 1 aromatic heterocycles. The molecule has 8 heteroatoms. The minimum Gasteiger partial charge on any atom is -0.493 e. The first kappa shape index (κ1) is 23.9. The van der Waals surface area contributed by atoms with Crippen molar-refractivity contribution in [2.24, 2.45) is 0 Å². The Hall–Kier alpha value is -3.26. The van der Waals surface area contributed by atoms with Crippen LogP contribution in [0.3, 0.4) is 0 Å². The molecule has 1 aliphatic heterocycles. The second-order valence-electron chi connectivity index (χ2n) is 8.14. The second-order valence-corrected chi connectivity index (χ2v) is 9.20. The number of amides is 1. The number of nitrogens with zero attached hydrogens (tertiary/aromatic N) is 3. The molecular formula is C26H31N5O2S. The van der Waals surface area contributed by atoms with E-state index in [-0.39, 0.29) is 5.91 Å². The molecule has 34 heavy (non-hydrogen) atoms. The van der Waals surface area contributed by atoms with Crippen LogP contribution in [0.15, 0.2) is 71.0 Å². The highest BCUT2D eigenvalue weighted by Gasteiger charge is 2.36. The molecule has 0 saturated heterocycles. The molecular weight excluding hydrogens is 446 g/mol. The summed E-state index contributed by atoms with van der Waals surface area (Å²) in [4.78, 5) is 18.3. The van der Waals surface area contributed by atoms with Crippen molar-refractivity contribution in [2.45, 2.75) is 51.2 Å². The quantitative estimate of drug-likeness (QED) is 0.280. The first-order chi connectivity index (χ1) is 16.6. The Morgan fingerprint density at radius 2 is 1.88 bits per heavy atom. The number of anilines is 2. The number of ether oxygens (including phenoxy) is 1. The summed E-state index contributed by atoms with van der Waals surface area (Å²) in [6, 6.07) is 16.9. The van der Waals surface area contributed by atoms with Gasteiger partial charge in [-0.25, -0.2) is 4.68 Å². The lowest BCUT2D eigenvalue weighted by Crippen LogP contribution is -2.31. The summed E-state index contributed by atoms with van der Waals surface area (Å²) >= 11 is 1.63. The zero-order valence-electron chi connectivity index (χ0n) is 19.9. The molecule has 1 aliphatic rings. The molecule has 0 spiro atoms. The van der Waals surface area contributed by atoms with Crippen LogP contribution in [0.2, 0.25) is 0 Å². The highest BCUT2D eigenvalue weighted by Crippen LogP contribution is 2.40. The molecule has 2 heterocycles. The van der Waals surface area contributed by atoms with Crippen LogP contribution in [0.1, 0.15) is 51.6 Å². The number of para-hydroxylation sites is 2. The molecule has 0 fully saturated rings. The van der Waals surface area contributed by atoms with E-state index in [0.29, 0.717) is 23.3 Å². The van der Waals surface area contributed by atoms with Gasteiger partial charge in [0.2, 0.25) is 11.1 Å². The summed E-state index contributed by atoms with van der Waals surface area (Å²) in [7, 11) is 0. The van der Waals surface area contributed by atoms with Crippen molar-refractivity contribution in [3.63, 3.8) is 0 Å². The van der Waals surface area contributed by atoms with Crippen molar-refractivity contribution in [3.05, 3.63) is 71.4 Å². The number of fused-ring (bicyclic) bond motifs is 1. The van der Waals surface area contributed by atoms with Gasteiger partial charge in [-0.2, -0.15) is 4.98 Å². The zero-order chi connectivity index (χ0) is 23.9. The van der Waals surface area contributed by atoms with Gasteiger partial charge >= 0.3 is 0 Å². The third-order valence-electron chi connectivity index (χ3n) is 5.51. The standard InChI is InChI=1S/C26H31N5O2S/c1-4-6-17-34-26-29-25-27-18(3)22(24(32)28-19-12-8-7-9-13-19)23(31(25)30-26)20-14-10-11-15-21(20)33-16-5-2/h7-15,23H,4-6,16-17H2,1-3H3,(H,28,32)(H,27,29,30). The van der Waals surface area contributed by atoms with E-state index >= 15 is 0 Å². The number of hydrogen-bond donors (Lipinski definition) is 2. The number of hydrogen-bond acceptors (Lipinski definition) is 6. The fourth-order valence-corrected chi connectivity index (χ4v) is 4.76. The van der Waals surface area contributed by atoms with Gasteiger partial charge in [-0.05, 0) is 38.0 Å². The molecule has 0 saturated carbocycles. The van der Waals surface area contributed by atoms with E-state index in [1.165, 1.54) is 0 Å². The zero-order valence-corrected chi connectivity index (χ0v) is 20.7. The summed E-state index contributed by atoms with van der Waals surface area (Å²) in [6.07, 6.45) is 3.11. The number of nitrogens with one attached hydrogen (secondary N) is 2. The molecule has 178 valence electrons. The molecule has 2 aromatic carbocycles. The molecule has 3 aromatic rings. The summed E-state index contributed by atoms with van der Waals surface area (Å²) in [5.74, 6) is 2.14. The first-order valence-electron chi connectivity index (χ1n) is 11.8. The minimum atomic E-state index is -0.471. The highest BCUT2D eigenvalue weighted by atomic mass is 32.2. The van der Waals surface area contributed by atoms with Gasteiger partial charge < -0.3 is 15.4 Å². The third-order valence-corrected chi connectivity index (χ3v) is 6.44. The van der Waals surface area contributed by atoms with E-state index in [0.717, 1.165) is 47.7 Å². The van der Waals surface area contributed by atoms with Crippen molar-refractivity contribution in [2.75, 3.05) is 23.0 Å². The number of carbonyl (C=O) groups is 1. The molecule has 1 amide bonds. The molecule has 0 aliphatic carbocycles. The smallest absolute Gasteiger partial charge is 0.255 e. The number of unbranched alkanes of at least 4 members (excludes halogenated alkanes) is 1. The maximum atomic E-state index is 13.6. The summed E-state index contributed by atoms with van der Waals surface area (Å²) in [6.45, 7) is 6.75. The lowest BCUT2D eigenvalue weighted by Gasteiger charge is -2.29. The van der Waals surface area contributed by atoms with Crippen LogP contribution in [-0.4, -0.2) is 33.0 Å². The fraction of sp³-hybridized carbons (Fsp3) is 0.346. The largest absolute Gasteiger partial charge is 0.493 e. The van der Waals surface area contributed by atoms with E-state index in [1.807, 2.05) is 66.2 Å². The Kier molecular flexibility index (Phi) is 7.90. The van der Waals surface area contributed by atoms with E-state index in [4.69, 9.17) is 14.8 Å². The Bertz CT molecular complexity index is 1160. The Morgan fingerprint density at radius 3 is 2.65 bits per heavy atom. The lowest BCUT2D eigenvalue weighted by atomic mass is 9.94. The van der Waals surface area contributed by atoms with E-state index < -0.39 is 6.04 Å². The normalized spacial score (nSPS) is 15.0. The van der Waals surface area contributed by atoms with Crippen molar-refractivity contribution in [3.8, 4) is 5.75 Å². The molecule has 1 atom stereocenters. The van der Waals surface area contributed by atoms with Gasteiger partial charge in [0.15, 0.2) is 0 Å². The monoisotopic (exact) mass is 477 g/mol. The molecule has 2 N–H and O–H groups in total. The van der Waals surface area contributed by atoms with Gasteiger partial charge in [0.25, 0.3) is 5.91 Å². The maximum absolute atomic E-state index is 13.6. The number of benzene rings is 2. The van der Waals surface area contributed by atoms with Crippen molar-refractivity contribution in [1.82, 2.24) is 14.8 Å². The summed E-state index contributed by atoms with van der Waals surface area (Å²) < 4.78 is 7.90. The Labute approximate surface area is 205 Å². The predicted octanol–water partition coefficient (Wildman–Crippen LogP) is 5.89. The van der Waals surface area contributed by atoms with Crippen LogP contribution >= 0.6 is 11.8 Å². The molecule has 0 bridgehead atoms. The molecule has 4 rings (SSSR count). The Balaban J connectivity index is 1.76. The average molecular weight is 478 g/mol. The summed E-state index contributed by atoms with van der Waals surface area (Å²) in [5.41, 5.74) is 2.95. The highest BCUT2D eigenvalue weighted by molar-refractivity contribution is 7.99. The molecule has 1 unspecified atom stereocenters. The van der Waals surface area contributed by atoms with Gasteiger partial charge in [-0.15, -0.1) is 5.10 Å². The fourth-order valence-electron chi connectivity index (χ4n) is 3.85. The topological polar surface area (TPSA) is 81.1 Å². The molecule has 7 nitrogen and oxygen atoms in total. The summed E-state index contributed by atoms with van der Waals surface area (Å²) in [5, 5.41) is 11.9. The number of allylic oxidation sites excluding steroid dienone is 1. The van der Waals surface area contributed by atoms with E-state index in [1.54, 1.807) is 11.8 Å². The Morgan fingerprint density at radius 1 is 1.12 bits per heavy atom. The van der Waals surface area contributed by atoms with Crippen LogP contribution in [-0.2, 0) is 4.79 Å². The molecule has 0 radical (unpaired) electrons. The van der Waals surface area contributed by atoms with Crippen LogP contribution in [0.5, 0.6) is 5.75 Å². The lowest BCUT2D eigenvalue weighted by molar-refractivity contribution is -0.113. The van der Waals surface area contributed by atoms with Crippen molar-refractivity contribution < 1.29 is 9.53 Å². The van der Waals surface area contributed by atoms with Gasteiger partial charge in [0, 0.05) is 22.7 Å².